The highest BCUT2D eigenvalue weighted by molar-refractivity contribution is 7.91. The predicted octanol–water partition coefficient (Wildman–Crippen LogP) is 2.67. The standard InChI is InChI=1S/C30H35N3O8S/c1-38-26-11-6-8-23(27(26)39-2)20-31-33-29(35)30(16-19-42(36,37)25-9-4-3-5-10-25)21-41-28(32-30)22-12-14-24(15-13-22)40-18-7-17-34/h3-6,8-15,31,34H,7,16-21H2,1-2H3,(H,33,35)/t30-/m0/s1. The maximum absolute atomic E-state index is 13.6. The van der Waals surface area contributed by atoms with E-state index in [-0.39, 0.29) is 42.7 Å². The maximum atomic E-state index is 13.6. The number of rotatable bonds is 15. The van der Waals surface area contributed by atoms with Gasteiger partial charge >= 0.3 is 0 Å². The van der Waals surface area contributed by atoms with Crippen LogP contribution in [0.25, 0.3) is 0 Å². The molecule has 0 unspecified atom stereocenters. The molecule has 0 saturated carbocycles. The minimum absolute atomic E-state index is 0.0365. The van der Waals surface area contributed by atoms with E-state index in [0.29, 0.717) is 35.8 Å². The zero-order chi connectivity index (χ0) is 30.0. The normalized spacial score (nSPS) is 16.3. The molecule has 1 amide bonds. The molecule has 3 N–H and O–H groups in total. The zero-order valence-electron chi connectivity index (χ0n) is 23.5. The average molecular weight is 598 g/mol. The molecule has 0 radical (unpaired) electrons. The first kappa shape index (κ1) is 30.8. The first-order valence-corrected chi connectivity index (χ1v) is 15.0. The van der Waals surface area contributed by atoms with Gasteiger partial charge in [0.25, 0.3) is 5.91 Å². The van der Waals surface area contributed by atoms with Crippen LogP contribution in [-0.2, 0) is 25.9 Å². The van der Waals surface area contributed by atoms with Crippen LogP contribution in [0.4, 0.5) is 0 Å². The minimum atomic E-state index is -3.69. The van der Waals surface area contributed by atoms with Gasteiger partial charge in [0, 0.05) is 30.7 Å². The van der Waals surface area contributed by atoms with Crippen LogP contribution in [0.5, 0.6) is 17.2 Å². The lowest BCUT2D eigenvalue weighted by Gasteiger charge is -2.23. The Morgan fingerprint density at radius 1 is 1.02 bits per heavy atom. The van der Waals surface area contributed by atoms with E-state index in [1.165, 1.54) is 26.4 Å². The first-order chi connectivity index (χ1) is 20.3. The minimum Gasteiger partial charge on any atom is -0.494 e. The van der Waals surface area contributed by atoms with E-state index in [4.69, 9.17) is 24.1 Å². The highest BCUT2D eigenvalue weighted by Crippen LogP contribution is 2.31. The van der Waals surface area contributed by atoms with Crippen molar-refractivity contribution < 1.29 is 37.3 Å². The third-order valence-electron chi connectivity index (χ3n) is 6.71. The lowest BCUT2D eigenvalue weighted by Crippen LogP contribution is -2.52. The van der Waals surface area contributed by atoms with Crippen molar-refractivity contribution in [1.82, 2.24) is 10.9 Å². The van der Waals surface area contributed by atoms with Crippen molar-refractivity contribution in [2.24, 2.45) is 4.99 Å². The number of hydrogen-bond donors (Lipinski definition) is 3. The summed E-state index contributed by atoms with van der Waals surface area (Å²) in [5.41, 5.74) is 5.43. The van der Waals surface area contributed by atoms with Crippen LogP contribution in [-0.4, -0.2) is 70.7 Å². The number of aliphatic imine (C=N–C) groups is 1. The molecule has 1 atom stereocenters. The molecule has 0 aromatic heterocycles. The van der Waals surface area contributed by atoms with Crippen LogP contribution in [0.3, 0.4) is 0 Å². The predicted molar refractivity (Wildman–Crippen MR) is 156 cm³/mol. The van der Waals surface area contributed by atoms with Gasteiger partial charge in [-0.1, -0.05) is 30.3 Å². The van der Waals surface area contributed by atoms with Gasteiger partial charge in [0.2, 0.25) is 5.90 Å². The van der Waals surface area contributed by atoms with Gasteiger partial charge in [-0.05, 0) is 48.9 Å². The summed E-state index contributed by atoms with van der Waals surface area (Å²) >= 11 is 0. The summed E-state index contributed by atoms with van der Waals surface area (Å²) in [6.07, 6.45) is 0.409. The summed E-state index contributed by atoms with van der Waals surface area (Å²) in [4.78, 5) is 18.4. The van der Waals surface area contributed by atoms with Crippen molar-refractivity contribution in [3.05, 3.63) is 83.9 Å². The number of benzene rings is 3. The SMILES string of the molecule is COc1cccc(CNNC(=O)[C@]2(CCS(=O)(=O)c3ccccc3)COC(c3ccc(OCCCO)cc3)=N2)c1OC. The molecule has 3 aromatic rings. The summed E-state index contributed by atoms with van der Waals surface area (Å²) in [5, 5.41) is 8.94. The number of aliphatic hydroxyl groups excluding tert-OH is 1. The summed E-state index contributed by atoms with van der Waals surface area (Å²) in [6, 6.07) is 20.5. The number of carbonyl (C=O) groups excluding carboxylic acids is 1. The van der Waals surface area contributed by atoms with Crippen molar-refractivity contribution in [2.75, 3.05) is 39.8 Å². The Morgan fingerprint density at radius 2 is 1.79 bits per heavy atom. The van der Waals surface area contributed by atoms with Gasteiger partial charge in [0.1, 0.15) is 12.4 Å². The smallest absolute Gasteiger partial charge is 0.265 e. The van der Waals surface area contributed by atoms with E-state index in [0.717, 1.165) is 5.56 Å². The Hall–Kier alpha value is -4.13. The van der Waals surface area contributed by atoms with Crippen LogP contribution in [0.15, 0.2) is 82.7 Å². The summed E-state index contributed by atoms with van der Waals surface area (Å²) < 4.78 is 48.4. The van der Waals surface area contributed by atoms with Crippen LogP contribution >= 0.6 is 0 Å². The Kier molecular flexibility index (Phi) is 10.4. The maximum Gasteiger partial charge on any atom is 0.265 e. The zero-order valence-corrected chi connectivity index (χ0v) is 24.4. The molecule has 0 spiro atoms. The van der Waals surface area contributed by atoms with Crippen LogP contribution in [0, 0.1) is 0 Å². The molecule has 0 fully saturated rings. The number of ether oxygens (including phenoxy) is 4. The largest absolute Gasteiger partial charge is 0.494 e. The second kappa shape index (κ2) is 14.2. The van der Waals surface area contributed by atoms with Crippen LogP contribution in [0.1, 0.15) is 24.0 Å². The van der Waals surface area contributed by atoms with Crippen LogP contribution in [0.2, 0.25) is 0 Å². The summed E-state index contributed by atoms with van der Waals surface area (Å²) in [7, 11) is -0.619. The number of aliphatic hydroxyl groups is 1. The number of nitrogens with zero attached hydrogens (tertiary/aromatic N) is 1. The monoisotopic (exact) mass is 597 g/mol. The average Bonchev–Trinajstić information content (AvgIpc) is 3.46. The number of nitrogens with one attached hydrogen (secondary N) is 2. The highest BCUT2D eigenvalue weighted by atomic mass is 32.2. The lowest BCUT2D eigenvalue weighted by atomic mass is 9.98. The topological polar surface area (TPSA) is 145 Å². The number of methoxy groups -OCH3 is 2. The van der Waals surface area contributed by atoms with Crippen molar-refractivity contribution in [3.8, 4) is 17.2 Å². The van der Waals surface area contributed by atoms with Crippen molar-refractivity contribution in [3.63, 3.8) is 0 Å². The van der Waals surface area contributed by atoms with E-state index >= 15 is 0 Å². The molecule has 1 heterocycles. The Bertz CT molecular complexity index is 1480. The van der Waals surface area contributed by atoms with E-state index in [1.54, 1.807) is 54.6 Å². The van der Waals surface area contributed by atoms with E-state index < -0.39 is 21.3 Å². The summed E-state index contributed by atoms with van der Waals surface area (Å²) in [6.45, 7) is 0.479. The Balaban J connectivity index is 1.53. The molecule has 11 nitrogen and oxygen atoms in total. The van der Waals surface area contributed by atoms with Gasteiger partial charge in [0.15, 0.2) is 26.9 Å². The molecule has 0 bridgehead atoms. The van der Waals surface area contributed by atoms with Crippen LogP contribution < -0.4 is 25.1 Å². The number of para-hydroxylation sites is 1. The molecule has 3 aromatic carbocycles. The first-order valence-electron chi connectivity index (χ1n) is 13.4. The number of sulfone groups is 1. The second-order valence-corrected chi connectivity index (χ2v) is 11.6. The molecule has 0 saturated heterocycles. The van der Waals surface area contributed by atoms with Crippen molar-refractivity contribution in [2.45, 2.75) is 29.8 Å². The highest BCUT2D eigenvalue weighted by Gasteiger charge is 2.45. The van der Waals surface area contributed by atoms with E-state index in [9.17, 15) is 13.2 Å². The van der Waals surface area contributed by atoms with E-state index in [2.05, 4.69) is 15.8 Å². The number of hydrogen-bond acceptors (Lipinski definition) is 10. The number of hydrazine groups is 1. The fourth-order valence-electron chi connectivity index (χ4n) is 4.38. The fourth-order valence-corrected chi connectivity index (χ4v) is 5.79. The molecule has 4 rings (SSSR count). The van der Waals surface area contributed by atoms with Gasteiger partial charge in [-0.3, -0.25) is 10.2 Å². The molecule has 0 aliphatic carbocycles. The molecule has 42 heavy (non-hydrogen) atoms. The number of carbonyl (C=O) groups is 1. The van der Waals surface area contributed by atoms with Gasteiger partial charge in [-0.25, -0.2) is 18.8 Å². The molecule has 12 heteroatoms. The number of amides is 1. The molecule has 224 valence electrons. The van der Waals surface area contributed by atoms with Gasteiger partial charge in [-0.2, -0.15) is 0 Å². The van der Waals surface area contributed by atoms with Gasteiger partial charge in [0.05, 0.1) is 31.5 Å². The van der Waals surface area contributed by atoms with Gasteiger partial charge in [-0.15, -0.1) is 0 Å². The lowest BCUT2D eigenvalue weighted by molar-refractivity contribution is -0.127. The third kappa shape index (κ3) is 7.38. The van der Waals surface area contributed by atoms with Gasteiger partial charge < -0.3 is 24.1 Å². The van der Waals surface area contributed by atoms with Crippen molar-refractivity contribution >= 4 is 21.6 Å². The Morgan fingerprint density at radius 3 is 2.48 bits per heavy atom. The molecule has 1 aliphatic rings. The van der Waals surface area contributed by atoms with E-state index in [1.807, 2.05) is 6.07 Å². The molecular weight excluding hydrogens is 562 g/mol. The molecule has 1 aliphatic heterocycles. The fraction of sp³-hybridized carbons (Fsp3) is 0.333. The third-order valence-corrected chi connectivity index (χ3v) is 8.44. The Labute approximate surface area is 245 Å². The second-order valence-electron chi connectivity index (χ2n) is 9.53. The van der Waals surface area contributed by atoms with Crippen molar-refractivity contribution in [1.29, 1.82) is 0 Å². The summed E-state index contributed by atoms with van der Waals surface area (Å²) in [5.74, 6) is 1.06. The quantitative estimate of drug-likeness (QED) is 0.178. The molecular formula is C30H35N3O8S.